The highest BCUT2D eigenvalue weighted by atomic mass is 16.3. The lowest BCUT2D eigenvalue weighted by Gasteiger charge is -2.39. The van der Waals surface area contributed by atoms with Gasteiger partial charge in [0.25, 0.3) is 0 Å². The summed E-state index contributed by atoms with van der Waals surface area (Å²) in [6.07, 6.45) is 7.54. The number of hydrogen-bond donors (Lipinski definition) is 2. The van der Waals surface area contributed by atoms with Crippen molar-refractivity contribution in [1.82, 2.24) is 25.0 Å². The van der Waals surface area contributed by atoms with Crippen LogP contribution in [0.15, 0.2) is 12.4 Å². The van der Waals surface area contributed by atoms with Crippen molar-refractivity contribution < 1.29 is 5.11 Å². The number of anilines is 1. The van der Waals surface area contributed by atoms with E-state index in [4.69, 9.17) is 0 Å². The van der Waals surface area contributed by atoms with E-state index >= 15 is 0 Å². The van der Waals surface area contributed by atoms with Crippen molar-refractivity contribution in [2.75, 3.05) is 11.9 Å². The molecule has 0 aromatic carbocycles. The summed E-state index contributed by atoms with van der Waals surface area (Å²) in [6, 6.07) is 0. The van der Waals surface area contributed by atoms with Crippen LogP contribution in [0.25, 0.3) is 5.65 Å². The lowest BCUT2D eigenvalue weighted by molar-refractivity contribution is 0.149. The zero-order valence-electron chi connectivity index (χ0n) is 11.0. The Morgan fingerprint density at radius 3 is 3.21 bits per heavy atom. The second-order valence-corrected chi connectivity index (χ2v) is 5.51. The molecule has 1 fully saturated rings. The molecule has 0 amide bonds. The van der Waals surface area contributed by atoms with Gasteiger partial charge in [-0.2, -0.15) is 4.52 Å². The van der Waals surface area contributed by atoms with Crippen molar-refractivity contribution in [3.05, 3.63) is 12.4 Å². The fourth-order valence-electron chi connectivity index (χ4n) is 2.99. The van der Waals surface area contributed by atoms with Gasteiger partial charge in [0.2, 0.25) is 0 Å². The van der Waals surface area contributed by atoms with E-state index in [-0.39, 0.29) is 12.1 Å². The summed E-state index contributed by atoms with van der Waals surface area (Å²) in [7, 11) is 0. The van der Waals surface area contributed by atoms with Crippen LogP contribution in [0.2, 0.25) is 0 Å². The standard InChI is InChI=1S/C12H18N6O/c1-9-3-2-4-12(5-9,8-19)14-10-6-13-7-11-15-16-17-18(10)11/h6-7,9,14,19H,2-5,8H2,1H3. The Morgan fingerprint density at radius 2 is 2.42 bits per heavy atom. The van der Waals surface area contributed by atoms with Gasteiger partial charge in [-0.25, -0.2) is 0 Å². The van der Waals surface area contributed by atoms with Crippen LogP contribution in [0, 0.1) is 5.92 Å². The van der Waals surface area contributed by atoms with Crippen molar-refractivity contribution >= 4 is 11.5 Å². The minimum Gasteiger partial charge on any atom is -0.394 e. The highest BCUT2D eigenvalue weighted by Gasteiger charge is 2.35. The third-order valence-electron chi connectivity index (χ3n) is 3.90. The van der Waals surface area contributed by atoms with E-state index in [9.17, 15) is 5.11 Å². The molecular formula is C12H18N6O. The number of fused-ring (bicyclic) bond motifs is 1. The summed E-state index contributed by atoms with van der Waals surface area (Å²) in [5.41, 5.74) is 0.307. The summed E-state index contributed by atoms with van der Waals surface area (Å²) in [6.45, 7) is 2.33. The fourth-order valence-corrected chi connectivity index (χ4v) is 2.99. The van der Waals surface area contributed by atoms with Crippen LogP contribution in [0.3, 0.4) is 0 Å². The first-order valence-electron chi connectivity index (χ1n) is 6.64. The maximum Gasteiger partial charge on any atom is 0.199 e. The van der Waals surface area contributed by atoms with E-state index in [1.807, 2.05) is 0 Å². The molecule has 0 radical (unpaired) electrons. The minimum absolute atomic E-state index is 0.107. The molecule has 102 valence electrons. The predicted octanol–water partition coefficient (Wildman–Crippen LogP) is 0.872. The molecule has 1 aliphatic rings. The van der Waals surface area contributed by atoms with Crippen LogP contribution in [0.5, 0.6) is 0 Å². The zero-order chi connectivity index (χ0) is 13.3. The second-order valence-electron chi connectivity index (χ2n) is 5.51. The molecule has 2 aromatic heterocycles. The van der Waals surface area contributed by atoms with E-state index in [1.165, 1.54) is 6.42 Å². The van der Waals surface area contributed by atoms with E-state index in [2.05, 4.69) is 32.7 Å². The van der Waals surface area contributed by atoms with Crippen LogP contribution in [-0.2, 0) is 0 Å². The van der Waals surface area contributed by atoms with Gasteiger partial charge in [0.05, 0.1) is 24.5 Å². The number of aromatic nitrogens is 5. The largest absolute Gasteiger partial charge is 0.394 e. The predicted molar refractivity (Wildman–Crippen MR) is 69.6 cm³/mol. The van der Waals surface area contributed by atoms with Crippen molar-refractivity contribution in [3.8, 4) is 0 Å². The molecule has 2 unspecified atom stereocenters. The van der Waals surface area contributed by atoms with Gasteiger partial charge in [-0.1, -0.05) is 19.8 Å². The smallest absolute Gasteiger partial charge is 0.199 e. The van der Waals surface area contributed by atoms with Gasteiger partial charge < -0.3 is 10.4 Å². The van der Waals surface area contributed by atoms with Gasteiger partial charge in [-0.05, 0) is 29.2 Å². The van der Waals surface area contributed by atoms with Crippen LogP contribution < -0.4 is 5.32 Å². The first kappa shape index (κ1) is 12.3. The van der Waals surface area contributed by atoms with Crippen molar-refractivity contribution in [3.63, 3.8) is 0 Å². The van der Waals surface area contributed by atoms with Gasteiger partial charge in [-0.3, -0.25) is 4.98 Å². The van der Waals surface area contributed by atoms with Gasteiger partial charge in [-0.15, -0.1) is 5.10 Å². The van der Waals surface area contributed by atoms with Crippen LogP contribution >= 0.6 is 0 Å². The van der Waals surface area contributed by atoms with Gasteiger partial charge in [0, 0.05) is 0 Å². The average molecular weight is 262 g/mol. The van der Waals surface area contributed by atoms with Gasteiger partial charge in [0.15, 0.2) is 11.5 Å². The number of tetrazole rings is 1. The third-order valence-corrected chi connectivity index (χ3v) is 3.90. The SMILES string of the molecule is CC1CCCC(CO)(Nc2cncc3nnnn23)C1. The molecule has 0 bridgehead atoms. The quantitative estimate of drug-likeness (QED) is 0.853. The lowest BCUT2D eigenvalue weighted by Crippen LogP contribution is -2.46. The first-order valence-corrected chi connectivity index (χ1v) is 6.64. The molecule has 7 nitrogen and oxygen atoms in total. The Morgan fingerprint density at radius 1 is 1.53 bits per heavy atom. The van der Waals surface area contributed by atoms with Gasteiger partial charge in [0.1, 0.15) is 0 Å². The van der Waals surface area contributed by atoms with Crippen LogP contribution in [-0.4, -0.2) is 42.3 Å². The topological polar surface area (TPSA) is 88.2 Å². The Balaban J connectivity index is 1.92. The molecule has 0 saturated heterocycles. The van der Waals surface area contributed by atoms with E-state index in [1.54, 1.807) is 16.9 Å². The monoisotopic (exact) mass is 262 g/mol. The molecule has 2 aromatic rings. The molecule has 1 aliphatic carbocycles. The number of aliphatic hydroxyl groups is 1. The number of nitrogens with one attached hydrogen (secondary N) is 1. The third kappa shape index (κ3) is 2.25. The van der Waals surface area contributed by atoms with Gasteiger partial charge >= 0.3 is 0 Å². The molecule has 2 atom stereocenters. The average Bonchev–Trinajstić information content (AvgIpc) is 2.88. The lowest BCUT2D eigenvalue weighted by atomic mass is 9.77. The van der Waals surface area contributed by atoms with E-state index in [0.29, 0.717) is 11.6 Å². The summed E-state index contributed by atoms with van der Waals surface area (Å²) in [4.78, 5) is 4.13. The highest BCUT2D eigenvalue weighted by molar-refractivity contribution is 5.45. The van der Waals surface area contributed by atoms with Crippen molar-refractivity contribution in [2.24, 2.45) is 5.92 Å². The van der Waals surface area contributed by atoms with Crippen LogP contribution in [0.4, 0.5) is 5.82 Å². The number of nitrogens with zero attached hydrogens (tertiary/aromatic N) is 5. The summed E-state index contributed by atoms with van der Waals surface area (Å²) in [5, 5.41) is 24.7. The summed E-state index contributed by atoms with van der Waals surface area (Å²) < 4.78 is 1.61. The summed E-state index contributed by atoms with van der Waals surface area (Å²) in [5.74, 6) is 1.33. The maximum atomic E-state index is 9.80. The maximum absolute atomic E-state index is 9.80. The van der Waals surface area contributed by atoms with Crippen molar-refractivity contribution in [2.45, 2.75) is 38.1 Å². The number of aliphatic hydroxyl groups excluding tert-OH is 1. The van der Waals surface area contributed by atoms with Crippen molar-refractivity contribution in [1.29, 1.82) is 0 Å². The molecular weight excluding hydrogens is 244 g/mol. The van der Waals surface area contributed by atoms with E-state index < -0.39 is 0 Å². The van der Waals surface area contributed by atoms with Crippen LogP contribution in [0.1, 0.15) is 32.6 Å². The second kappa shape index (κ2) is 4.73. The Hall–Kier alpha value is -1.76. The minimum atomic E-state index is -0.292. The first-order chi connectivity index (χ1) is 9.22. The molecule has 2 N–H and O–H groups in total. The zero-order valence-corrected chi connectivity index (χ0v) is 11.0. The van der Waals surface area contributed by atoms with E-state index in [0.717, 1.165) is 25.1 Å². The highest BCUT2D eigenvalue weighted by Crippen LogP contribution is 2.34. The fraction of sp³-hybridized carbons (Fsp3) is 0.667. The number of hydrogen-bond acceptors (Lipinski definition) is 6. The molecule has 7 heteroatoms. The Bertz CT molecular complexity index is 570. The molecule has 19 heavy (non-hydrogen) atoms. The molecule has 3 rings (SSSR count). The molecule has 1 saturated carbocycles. The molecule has 0 aliphatic heterocycles. The Kier molecular flexibility index (Phi) is 3.06. The molecule has 2 heterocycles. The normalized spacial score (nSPS) is 27.6. The molecule has 0 spiro atoms. The summed E-state index contributed by atoms with van der Waals surface area (Å²) >= 11 is 0. The number of rotatable bonds is 3. The Labute approximate surface area is 111 Å².